The number of benzene rings is 1. The first-order valence-corrected chi connectivity index (χ1v) is 9.21. The number of nitro benzene ring substituents is 1. The molecule has 1 aromatic carbocycles. The average Bonchev–Trinajstić information content (AvgIpc) is 3.02. The lowest BCUT2D eigenvalue weighted by molar-refractivity contribution is -0.385. The summed E-state index contributed by atoms with van der Waals surface area (Å²) in [6.45, 7) is 0.0968. The van der Waals surface area contributed by atoms with E-state index in [1.54, 1.807) is 27.4 Å². The first kappa shape index (κ1) is 17.7. The van der Waals surface area contributed by atoms with Crippen LogP contribution in [0.3, 0.4) is 0 Å². The van der Waals surface area contributed by atoms with E-state index in [1.165, 1.54) is 6.07 Å². The second-order valence-electron chi connectivity index (χ2n) is 5.09. The van der Waals surface area contributed by atoms with Crippen LogP contribution in [0.15, 0.2) is 12.1 Å². The second kappa shape index (κ2) is 7.73. The molecule has 0 saturated carbocycles. The zero-order valence-corrected chi connectivity index (χ0v) is 14.5. The number of unbranched alkanes of at least 4 members (excludes halogenated alkanes) is 1. The molecule has 0 radical (unpaired) electrons. The number of hydrogen-bond acceptors (Lipinski definition) is 7. The molecule has 0 N–H and O–H groups in total. The van der Waals surface area contributed by atoms with E-state index < -0.39 is 13.7 Å². The standard InChI is InChI=1S/C14H21NO7Si/c1-18-23(19-2,20-3)7-5-4-6-11-8-13-14(22-10-21-13)9-12(11)15(16)17/h8-9H,4-7,10H2,1-3H3. The quantitative estimate of drug-likeness (QED) is 0.294. The van der Waals surface area contributed by atoms with Gasteiger partial charge in [-0.2, -0.15) is 0 Å². The molecule has 2 rings (SSSR count). The molecule has 9 heteroatoms. The Morgan fingerprint density at radius 2 is 1.74 bits per heavy atom. The number of nitro groups is 1. The van der Waals surface area contributed by atoms with Crippen molar-refractivity contribution in [1.29, 1.82) is 0 Å². The Morgan fingerprint density at radius 1 is 1.13 bits per heavy atom. The van der Waals surface area contributed by atoms with Gasteiger partial charge in [0.1, 0.15) is 0 Å². The van der Waals surface area contributed by atoms with E-state index in [0.29, 0.717) is 29.5 Å². The molecule has 8 nitrogen and oxygen atoms in total. The Hall–Kier alpha value is -1.68. The maximum Gasteiger partial charge on any atom is 0.500 e. The molecular formula is C14H21NO7Si. The van der Waals surface area contributed by atoms with E-state index in [-0.39, 0.29) is 12.5 Å². The van der Waals surface area contributed by atoms with Gasteiger partial charge in [-0.3, -0.25) is 10.1 Å². The van der Waals surface area contributed by atoms with E-state index in [2.05, 4.69) is 0 Å². The van der Waals surface area contributed by atoms with Gasteiger partial charge >= 0.3 is 8.80 Å². The molecule has 0 aromatic heterocycles. The molecule has 1 heterocycles. The molecule has 0 bridgehead atoms. The highest BCUT2D eigenvalue weighted by molar-refractivity contribution is 6.60. The zero-order valence-electron chi connectivity index (χ0n) is 13.5. The predicted octanol–water partition coefficient (Wildman–Crippen LogP) is 2.52. The van der Waals surface area contributed by atoms with E-state index >= 15 is 0 Å². The minimum Gasteiger partial charge on any atom is -0.454 e. The summed E-state index contributed by atoms with van der Waals surface area (Å²) in [6.07, 6.45) is 2.10. The smallest absolute Gasteiger partial charge is 0.454 e. The highest BCUT2D eigenvalue weighted by atomic mass is 28.4. The highest BCUT2D eigenvalue weighted by Gasteiger charge is 2.36. The van der Waals surface area contributed by atoms with Crippen molar-refractivity contribution >= 4 is 14.5 Å². The van der Waals surface area contributed by atoms with Gasteiger partial charge in [-0.25, -0.2) is 0 Å². The third-order valence-corrected chi connectivity index (χ3v) is 6.71. The summed E-state index contributed by atoms with van der Waals surface area (Å²) in [6, 6.07) is 3.78. The first-order chi connectivity index (χ1) is 11.0. The molecule has 128 valence electrons. The van der Waals surface area contributed by atoms with E-state index in [4.69, 9.17) is 22.8 Å². The number of fused-ring (bicyclic) bond motifs is 1. The zero-order chi connectivity index (χ0) is 16.9. The average molecular weight is 343 g/mol. The maximum atomic E-state index is 11.2. The predicted molar refractivity (Wildman–Crippen MR) is 83.7 cm³/mol. The lowest BCUT2D eigenvalue weighted by Gasteiger charge is -2.24. The largest absolute Gasteiger partial charge is 0.500 e. The molecule has 0 saturated heterocycles. The van der Waals surface area contributed by atoms with Gasteiger partial charge in [-0.05, 0) is 25.3 Å². The van der Waals surface area contributed by atoms with Crippen LogP contribution in [0.2, 0.25) is 6.04 Å². The molecule has 1 aliphatic heterocycles. The van der Waals surface area contributed by atoms with Gasteiger partial charge in [0.25, 0.3) is 5.69 Å². The Kier molecular flexibility index (Phi) is 5.94. The van der Waals surface area contributed by atoms with Crippen LogP contribution in [0.1, 0.15) is 18.4 Å². The fourth-order valence-corrected chi connectivity index (χ4v) is 4.35. The number of ether oxygens (including phenoxy) is 2. The lowest BCUT2D eigenvalue weighted by atomic mass is 10.1. The fourth-order valence-electron chi connectivity index (χ4n) is 2.56. The van der Waals surface area contributed by atoms with Crippen LogP contribution in [-0.2, 0) is 19.7 Å². The number of rotatable bonds is 9. The molecule has 0 amide bonds. The van der Waals surface area contributed by atoms with Crippen LogP contribution in [0, 0.1) is 10.1 Å². The van der Waals surface area contributed by atoms with Crippen LogP contribution in [-0.4, -0.2) is 41.9 Å². The molecule has 0 unspecified atom stereocenters. The van der Waals surface area contributed by atoms with Crippen molar-refractivity contribution in [3.05, 3.63) is 27.8 Å². The van der Waals surface area contributed by atoms with E-state index in [1.807, 2.05) is 0 Å². The van der Waals surface area contributed by atoms with Gasteiger partial charge in [0.15, 0.2) is 11.5 Å². The van der Waals surface area contributed by atoms with Gasteiger partial charge in [0, 0.05) is 32.9 Å². The van der Waals surface area contributed by atoms with E-state index in [9.17, 15) is 10.1 Å². The van der Waals surface area contributed by atoms with E-state index in [0.717, 1.165) is 12.8 Å². The minimum atomic E-state index is -2.59. The molecule has 0 atom stereocenters. The van der Waals surface area contributed by atoms with Crippen LogP contribution < -0.4 is 9.47 Å². The van der Waals surface area contributed by atoms with Crippen molar-refractivity contribution < 1.29 is 27.7 Å². The van der Waals surface area contributed by atoms with Crippen molar-refractivity contribution in [2.75, 3.05) is 28.1 Å². The third-order valence-electron chi connectivity index (χ3n) is 3.88. The Balaban J connectivity index is 1.99. The first-order valence-electron chi connectivity index (χ1n) is 7.27. The van der Waals surface area contributed by atoms with Crippen LogP contribution in [0.25, 0.3) is 0 Å². The summed E-state index contributed by atoms with van der Waals surface area (Å²) in [5.74, 6) is 0.977. The van der Waals surface area contributed by atoms with Crippen molar-refractivity contribution in [3.63, 3.8) is 0 Å². The van der Waals surface area contributed by atoms with Gasteiger partial charge < -0.3 is 22.8 Å². The Bertz CT molecular complexity index is 554. The van der Waals surface area contributed by atoms with Gasteiger partial charge in [-0.1, -0.05) is 0 Å². The molecule has 23 heavy (non-hydrogen) atoms. The number of hydrogen-bond donors (Lipinski definition) is 0. The normalized spacial score (nSPS) is 13.3. The third kappa shape index (κ3) is 3.99. The summed E-state index contributed by atoms with van der Waals surface area (Å²) >= 11 is 0. The molecule has 0 spiro atoms. The lowest BCUT2D eigenvalue weighted by Crippen LogP contribution is -2.42. The monoisotopic (exact) mass is 343 g/mol. The van der Waals surface area contributed by atoms with Crippen molar-refractivity contribution in [3.8, 4) is 11.5 Å². The molecule has 0 aliphatic carbocycles. The maximum absolute atomic E-state index is 11.2. The van der Waals surface area contributed by atoms with Gasteiger partial charge in [-0.15, -0.1) is 0 Å². The SMILES string of the molecule is CO[Si](CCCCc1cc2c(cc1[N+](=O)[O-])OCO2)(OC)OC. The fraction of sp³-hybridized carbons (Fsp3) is 0.571. The van der Waals surface area contributed by atoms with Crippen molar-refractivity contribution in [2.45, 2.75) is 25.3 Å². The summed E-state index contributed by atoms with van der Waals surface area (Å²) < 4.78 is 26.6. The van der Waals surface area contributed by atoms with Crippen LogP contribution >= 0.6 is 0 Å². The number of aryl methyl sites for hydroxylation is 1. The summed E-state index contributed by atoms with van der Waals surface area (Å²) in [5, 5.41) is 11.2. The van der Waals surface area contributed by atoms with Crippen LogP contribution in [0.5, 0.6) is 11.5 Å². The Labute approximate surface area is 135 Å². The highest BCUT2D eigenvalue weighted by Crippen LogP contribution is 2.38. The molecule has 0 fully saturated rings. The molecular weight excluding hydrogens is 322 g/mol. The summed E-state index contributed by atoms with van der Waals surface area (Å²) in [4.78, 5) is 10.8. The molecule has 1 aliphatic rings. The summed E-state index contributed by atoms with van der Waals surface area (Å²) in [7, 11) is 2.13. The van der Waals surface area contributed by atoms with Crippen molar-refractivity contribution in [2.24, 2.45) is 0 Å². The molecule has 1 aromatic rings. The second-order valence-corrected chi connectivity index (χ2v) is 8.18. The van der Waals surface area contributed by atoms with Gasteiger partial charge in [0.05, 0.1) is 11.0 Å². The minimum absolute atomic E-state index is 0.0583. The van der Waals surface area contributed by atoms with Crippen molar-refractivity contribution in [1.82, 2.24) is 0 Å². The topological polar surface area (TPSA) is 89.3 Å². The Morgan fingerprint density at radius 3 is 2.30 bits per heavy atom. The number of nitrogens with zero attached hydrogens (tertiary/aromatic N) is 1. The summed E-state index contributed by atoms with van der Waals surface area (Å²) in [5.41, 5.74) is 0.696. The van der Waals surface area contributed by atoms with Gasteiger partial charge in [0.2, 0.25) is 6.79 Å². The van der Waals surface area contributed by atoms with Crippen LogP contribution in [0.4, 0.5) is 5.69 Å².